The third-order valence-electron chi connectivity index (χ3n) is 4.99. The van der Waals surface area contributed by atoms with Crippen LogP contribution in [-0.4, -0.2) is 37.6 Å². The molecular formula is C21H25BrN2O2. The summed E-state index contributed by atoms with van der Waals surface area (Å²) in [5, 5.41) is 3.55. The Bertz CT molecular complexity index is 730. The van der Waals surface area contributed by atoms with Crippen LogP contribution in [0, 0.1) is 0 Å². The summed E-state index contributed by atoms with van der Waals surface area (Å²) in [4.78, 5) is 14.4. The molecule has 0 spiro atoms. The summed E-state index contributed by atoms with van der Waals surface area (Å²) < 4.78 is 6.61. The first-order valence-electron chi connectivity index (χ1n) is 8.96. The maximum absolute atomic E-state index is 12.7. The number of nitrogens with zero attached hydrogens (tertiary/aromatic N) is 1. The molecule has 4 nitrogen and oxygen atoms in total. The second-order valence-electron chi connectivity index (χ2n) is 6.79. The van der Waals surface area contributed by atoms with Crippen LogP contribution in [-0.2, 0) is 21.6 Å². The lowest BCUT2D eigenvalue weighted by molar-refractivity contribution is -0.130. The standard InChI is InChI=1S/C21H25BrN2O2/c1-24(16-17-6-3-2-4-7-17)20(25)15-23-21(10-12-26-13-11-21)18-8-5-9-19(22)14-18/h2-9,14,23H,10-13,15-16H2,1H3. The van der Waals surface area contributed by atoms with Crippen molar-refractivity contribution in [1.82, 2.24) is 10.2 Å². The van der Waals surface area contributed by atoms with E-state index in [2.05, 4.69) is 33.4 Å². The highest BCUT2D eigenvalue weighted by Crippen LogP contribution is 2.33. The number of nitrogens with one attached hydrogen (secondary N) is 1. The quantitative estimate of drug-likeness (QED) is 0.780. The van der Waals surface area contributed by atoms with Gasteiger partial charge in [-0.05, 0) is 36.1 Å². The molecule has 3 rings (SSSR count). The number of rotatable bonds is 6. The Morgan fingerprint density at radius 3 is 2.58 bits per heavy atom. The van der Waals surface area contributed by atoms with Gasteiger partial charge in [0.25, 0.3) is 0 Å². The lowest BCUT2D eigenvalue weighted by Crippen LogP contribution is -2.50. The average molecular weight is 417 g/mol. The summed E-state index contributed by atoms with van der Waals surface area (Å²) in [7, 11) is 1.85. The van der Waals surface area contributed by atoms with Crippen molar-refractivity contribution in [2.24, 2.45) is 0 Å². The molecule has 0 saturated carbocycles. The van der Waals surface area contributed by atoms with Crippen molar-refractivity contribution in [3.8, 4) is 0 Å². The van der Waals surface area contributed by atoms with Gasteiger partial charge in [-0.3, -0.25) is 10.1 Å². The fourth-order valence-corrected chi connectivity index (χ4v) is 3.80. The SMILES string of the molecule is CN(Cc1ccccc1)C(=O)CNC1(c2cccc(Br)c2)CCOCC1. The van der Waals surface area contributed by atoms with Crippen LogP contribution in [0.1, 0.15) is 24.0 Å². The van der Waals surface area contributed by atoms with Crippen molar-refractivity contribution in [2.75, 3.05) is 26.8 Å². The van der Waals surface area contributed by atoms with Gasteiger partial charge in [-0.1, -0.05) is 58.4 Å². The number of halogens is 1. The molecule has 1 aliphatic rings. The first-order chi connectivity index (χ1) is 12.6. The molecule has 1 amide bonds. The van der Waals surface area contributed by atoms with E-state index in [0.717, 1.165) is 22.9 Å². The van der Waals surface area contributed by atoms with Crippen LogP contribution in [0.2, 0.25) is 0 Å². The smallest absolute Gasteiger partial charge is 0.236 e. The molecule has 0 radical (unpaired) electrons. The summed E-state index contributed by atoms with van der Waals surface area (Å²) >= 11 is 3.56. The van der Waals surface area contributed by atoms with E-state index in [1.807, 2.05) is 49.5 Å². The minimum atomic E-state index is -0.217. The van der Waals surface area contributed by atoms with E-state index in [1.54, 1.807) is 4.90 Å². The Morgan fingerprint density at radius 2 is 1.88 bits per heavy atom. The van der Waals surface area contributed by atoms with E-state index in [4.69, 9.17) is 4.74 Å². The molecule has 0 bridgehead atoms. The molecule has 0 unspecified atom stereocenters. The summed E-state index contributed by atoms with van der Waals surface area (Å²) in [5.74, 6) is 0.0923. The molecular weight excluding hydrogens is 392 g/mol. The second-order valence-corrected chi connectivity index (χ2v) is 7.71. The van der Waals surface area contributed by atoms with E-state index in [9.17, 15) is 4.79 Å². The lowest BCUT2D eigenvalue weighted by atomic mass is 9.82. The monoisotopic (exact) mass is 416 g/mol. The van der Waals surface area contributed by atoms with E-state index in [0.29, 0.717) is 26.3 Å². The zero-order valence-corrected chi connectivity index (χ0v) is 16.7. The highest BCUT2D eigenvalue weighted by molar-refractivity contribution is 9.10. The first-order valence-corrected chi connectivity index (χ1v) is 9.75. The van der Waals surface area contributed by atoms with Crippen molar-refractivity contribution in [3.05, 3.63) is 70.2 Å². The molecule has 1 heterocycles. The first kappa shape index (κ1) is 19.1. The second kappa shape index (κ2) is 8.80. The van der Waals surface area contributed by atoms with Gasteiger partial charge in [0, 0.05) is 36.8 Å². The fraction of sp³-hybridized carbons (Fsp3) is 0.381. The molecule has 1 saturated heterocycles. The summed E-state index contributed by atoms with van der Waals surface area (Å²) in [5.41, 5.74) is 2.12. The largest absolute Gasteiger partial charge is 0.381 e. The number of hydrogen-bond acceptors (Lipinski definition) is 3. The van der Waals surface area contributed by atoms with Gasteiger partial charge in [0.2, 0.25) is 5.91 Å². The van der Waals surface area contributed by atoms with Gasteiger partial charge in [-0.2, -0.15) is 0 Å². The molecule has 0 aromatic heterocycles. The van der Waals surface area contributed by atoms with Crippen LogP contribution in [0.4, 0.5) is 0 Å². The molecule has 0 aliphatic carbocycles. The fourth-order valence-electron chi connectivity index (χ4n) is 3.40. The number of amides is 1. The highest BCUT2D eigenvalue weighted by atomic mass is 79.9. The van der Waals surface area contributed by atoms with Crippen molar-refractivity contribution < 1.29 is 9.53 Å². The third-order valence-corrected chi connectivity index (χ3v) is 5.48. The summed E-state index contributed by atoms with van der Waals surface area (Å²) in [6.45, 7) is 2.34. The number of carbonyl (C=O) groups excluding carboxylic acids is 1. The molecule has 0 atom stereocenters. The minimum Gasteiger partial charge on any atom is -0.381 e. The predicted octanol–water partition coefficient (Wildman–Crippen LogP) is 3.70. The zero-order chi connectivity index (χ0) is 18.4. The van der Waals surface area contributed by atoms with Gasteiger partial charge >= 0.3 is 0 Å². The van der Waals surface area contributed by atoms with Crippen LogP contribution in [0.3, 0.4) is 0 Å². The maximum atomic E-state index is 12.7. The van der Waals surface area contributed by atoms with E-state index < -0.39 is 0 Å². The summed E-state index contributed by atoms with van der Waals surface area (Å²) in [6, 6.07) is 18.4. The Balaban J connectivity index is 1.67. The molecule has 5 heteroatoms. The van der Waals surface area contributed by atoms with Gasteiger partial charge < -0.3 is 9.64 Å². The van der Waals surface area contributed by atoms with Crippen LogP contribution in [0.15, 0.2) is 59.1 Å². The van der Waals surface area contributed by atoms with E-state index in [-0.39, 0.29) is 11.4 Å². The van der Waals surface area contributed by atoms with Crippen molar-refractivity contribution in [2.45, 2.75) is 24.9 Å². The number of likely N-dealkylation sites (N-methyl/N-ethyl adjacent to an activating group) is 1. The van der Waals surface area contributed by atoms with Crippen LogP contribution in [0.5, 0.6) is 0 Å². The Hall–Kier alpha value is -1.69. The van der Waals surface area contributed by atoms with Crippen LogP contribution in [0.25, 0.3) is 0 Å². The number of ether oxygens (including phenoxy) is 1. The van der Waals surface area contributed by atoms with Gasteiger partial charge in [-0.15, -0.1) is 0 Å². The molecule has 2 aromatic carbocycles. The van der Waals surface area contributed by atoms with E-state index in [1.165, 1.54) is 5.56 Å². The molecule has 1 N–H and O–H groups in total. The predicted molar refractivity (Wildman–Crippen MR) is 107 cm³/mol. The van der Waals surface area contributed by atoms with Crippen molar-refractivity contribution >= 4 is 21.8 Å². The Morgan fingerprint density at radius 1 is 1.15 bits per heavy atom. The highest BCUT2D eigenvalue weighted by Gasteiger charge is 2.34. The number of hydrogen-bond donors (Lipinski definition) is 1. The number of benzene rings is 2. The van der Waals surface area contributed by atoms with Crippen molar-refractivity contribution in [3.63, 3.8) is 0 Å². The van der Waals surface area contributed by atoms with E-state index >= 15 is 0 Å². The third kappa shape index (κ3) is 4.72. The Labute approximate surface area is 163 Å². The van der Waals surface area contributed by atoms with Crippen molar-refractivity contribution in [1.29, 1.82) is 0 Å². The lowest BCUT2D eigenvalue weighted by Gasteiger charge is -2.39. The van der Waals surface area contributed by atoms with Gasteiger partial charge in [0.1, 0.15) is 0 Å². The van der Waals surface area contributed by atoms with Crippen LogP contribution < -0.4 is 5.32 Å². The van der Waals surface area contributed by atoms with Crippen LogP contribution >= 0.6 is 15.9 Å². The van der Waals surface area contributed by atoms with Gasteiger partial charge in [0.05, 0.1) is 6.54 Å². The zero-order valence-electron chi connectivity index (χ0n) is 15.1. The molecule has 138 valence electrons. The molecule has 1 aliphatic heterocycles. The van der Waals surface area contributed by atoms with Gasteiger partial charge in [0.15, 0.2) is 0 Å². The average Bonchev–Trinajstić information content (AvgIpc) is 2.67. The summed E-state index contributed by atoms with van der Waals surface area (Å²) in [6.07, 6.45) is 1.72. The normalized spacial score (nSPS) is 16.2. The topological polar surface area (TPSA) is 41.6 Å². The molecule has 26 heavy (non-hydrogen) atoms. The van der Waals surface area contributed by atoms with Gasteiger partial charge in [-0.25, -0.2) is 0 Å². The minimum absolute atomic E-state index is 0.0923. The Kier molecular flexibility index (Phi) is 6.46. The molecule has 2 aromatic rings. The maximum Gasteiger partial charge on any atom is 0.236 e. The molecule has 1 fully saturated rings. The number of carbonyl (C=O) groups is 1.